The van der Waals surface area contributed by atoms with E-state index < -0.39 is 12.1 Å². The summed E-state index contributed by atoms with van der Waals surface area (Å²) in [6.45, 7) is 2.57. The van der Waals surface area contributed by atoms with Crippen LogP contribution in [0.5, 0.6) is 0 Å². The van der Waals surface area contributed by atoms with Crippen molar-refractivity contribution < 1.29 is 19.1 Å². The molecule has 0 heterocycles. The number of unbranched alkanes of at least 4 members (excludes halogenated alkanes) is 1. The van der Waals surface area contributed by atoms with Crippen molar-refractivity contribution in [3.8, 4) is 0 Å². The molecule has 1 amide bonds. The first kappa shape index (κ1) is 15.8. The molecule has 0 aliphatic heterocycles. The summed E-state index contributed by atoms with van der Waals surface area (Å²) in [5.74, 6) is -0.525. The van der Waals surface area contributed by atoms with Gasteiger partial charge in [0.15, 0.2) is 0 Å². The number of rotatable bonds is 7. The van der Waals surface area contributed by atoms with E-state index in [4.69, 9.17) is 9.47 Å². The quantitative estimate of drug-likeness (QED) is 0.473. The zero-order valence-corrected chi connectivity index (χ0v) is 11.5. The summed E-state index contributed by atoms with van der Waals surface area (Å²) < 4.78 is 9.83. The van der Waals surface area contributed by atoms with Gasteiger partial charge in [0.2, 0.25) is 0 Å². The third-order valence-corrected chi connectivity index (χ3v) is 2.38. The van der Waals surface area contributed by atoms with Crippen molar-refractivity contribution in [1.29, 1.82) is 0 Å². The molecule has 0 unspecified atom stereocenters. The molecule has 20 heavy (non-hydrogen) atoms. The van der Waals surface area contributed by atoms with Crippen molar-refractivity contribution in [2.24, 2.45) is 0 Å². The summed E-state index contributed by atoms with van der Waals surface area (Å²) >= 11 is 0. The van der Waals surface area contributed by atoms with Gasteiger partial charge in [-0.1, -0.05) is 43.7 Å². The van der Waals surface area contributed by atoms with Crippen LogP contribution < -0.4 is 5.32 Å². The zero-order chi connectivity index (χ0) is 14.6. The minimum absolute atomic E-state index is 0.199. The Morgan fingerprint density at radius 1 is 1.20 bits per heavy atom. The number of hydrogen-bond acceptors (Lipinski definition) is 4. The molecule has 1 rings (SSSR count). The Kier molecular flexibility index (Phi) is 7.57. The maximum absolute atomic E-state index is 11.4. The van der Waals surface area contributed by atoms with Gasteiger partial charge in [-0.3, -0.25) is 5.32 Å². The molecule has 0 spiro atoms. The molecule has 0 fully saturated rings. The fourth-order valence-electron chi connectivity index (χ4n) is 1.31. The molecule has 0 radical (unpaired) electrons. The highest BCUT2D eigenvalue weighted by atomic mass is 16.5. The highest BCUT2D eigenvalue weighted by molar-refractivity contribution is 5.82. The molecule has 0 saturated heterocycles. The Labute approximate surface area is 118 Å². The largest absolute Gasteiger partial charge is 0.458 e. The van der Waals surface area contributed by atoms with Crippen LogP contribution in [0.2, 0.25) is 0 Å². The van der Waals surface area contributed by atoms with Gasteiger partial charge in [0, 0.05) is 12.3 Å². The number of carbonyl (C=O) groups is 2. The predicted octanol–water partition coefficient (Wildman–Crippen LogP) is 2.77. The van der Waals surface area contributed by atoms with Crippen LogP contribution in [0.4, 0.5) is 4.79 Å². The van der Waals surface area contributed by atoms with Gasteiger partial charge in [-0.05, 0) is 12.0 Å². The van der Waals surface area contributed by atoms with Crippen LogP contribution in [0.1, 0.15) is 25.3 Å². The van der Waals surface area contributed by atoms with Crippen molar-refractivity contribution in [3.63, 3.8) is 0 Å². The molecule has 5 nitrogen and oxygen atoms in total. The van der Waals surface area contributed by atoms with E-state index in [9.17, 15) is 9.59 Å². The zero-order valence-electron chi connectivity index (χ0n) is 11.5. The lowest BCUT2D eigenvalue weighted by Gasteiger charge is -2.03. The van der Waals surface area contributed by atoms with Crippen LogP contribution >= 0.6 is 0 Å². The Hall–Kier alpha value is -2.30. The van der Waals surface area contributed by atoms with Crippen molar-refractivity contribution in [2.45, 2.75) is 26.4 Å². The first-order chi connectivity index (χ1) is 9.72. The minimum atomic E-state index is -0.578. The van der Waals surface area contributed by atoms with Crippen LogP contribution in [0.25, 0.3) is 0 Å². The topological polar surface area (TPSA) is 64.6 Å². The van der Waals surface area contributed by atoms with Crippen molar-refractivity contribution in [1.82, 2.24) is 5.32 Å². The van der Waals surface area contributed by atoms with Crippen LogP contribution in [-0.2, 0) is 20.9 Å². The lowest BCUT2D eigenvalue weighted by molar-refractivity contribution is -0.139. The summed E-state index contributed by atoms with van der Waals surface area (Å²) in [7, 11) is 0. The minimum Gasteiger partial charge on any atom is -0.458 e. The summed E-state index contributed by atoms with van der Waals surface area (Å²) in [4.78, 5) is 22.5. The van der Waals surface area contributed by atoms with Gasteiger partial charge in [-0.25, -0.2) is 9.59 Å². The smallest absolute Gasteiger partial charge is 0.411 e. The van der Waals surface area contributed by atoms with Crippen LogP contribution in [0.3, 0.4) is 0 Å². The molecule has 0 aromatic heterocycles. The number of esters is 1. The Bertz CT molecular complexity index is 442. The summed E-state index contributed by atoms with van der Waals surface area (Å²) in [6.07, 6.45) is 3.54. The van der Waals surface area contributed by atoms with Crippen LogP contribution in [-0.4, -0.2) is 18.7 Å². The van der Waals surface area contributed by atoms with E-state index in [-0.39, 0.29) is 6.61 Å². The molecule has 108 valence electrons. The average Bonchev–Trinajstić information content (AvgIpc) is 2.46. The number of ether oxygens (including phenoxy) is 2. The first-order valence-electron chi connectivity index (χ1n) is 6.53. The van der Waals surface area contributed by atoms with Gasteiger partial charge < -0.3 is 9.47 Å². The first-order valence-corrected chi connectivity index (χ1v) is 6.53. The normalized spacial score (nSPS) is 10.2. The summed E-state index contributed by atoms with van der Waals surface area (Å²) in [5, 5.41) is 2.33. The lowest BCUT2D eigenvalue weighted by atomic mass is 10.2. The molecule has 0 atom stereocenters. The molecule has 1 aromatic rings. The third-order valence-electron chi connectivity index (χ3n) is 2.38. The Balaban J connectivity index is 2.18. The Morgan fingerprint density at radius 2 is 1.95 bits per heavy atom. The Morgan fingerprint density at radius 3 is 2.65 bits per heavy atom. The number of benzene rings is 1. The van der Waals surface area contributed by atoms with E-state index in [2.05, 4.69) is 5.32 Å². The van der Waals surface area contributed by atoms with Crippen LogP contribution in [0, 0.1) is 0 Å². The average molecular weight is 277 g/mol. The van der Waals surface area contributed by atoms with E-state index in [0.29, 0.717) is 6.61 Å². The molecular weight excluding hydrogens is 258 g/mol. The third kappa shape index (κ3) is 7.20. The van der Waals surface area contributed by atoms with E-state index in [1.807, 2.05) is 37.3 Å². The highest BCUT2D eigenvalue weighted by Crippen LogP contribution is 2.00. The maximum atomic E-state index is 11.4. The van der Waals surface area contributed by atoms with Gasteiger partial charge in [0.1, 0.15) is 6.61 Å². The second-order valence-electron chi connectivity index (χ2n) is 4.06. The molecule has 1 N–H and O–H groups in total. The molecule has 0 saturated carbocycles. The maximum Gasteiger partial charge on any atom is 0.411 e. The lowest BCUT2D eigenvalue weighted by Crippen LogP contribution is -2.19. The molecule has 0 aliphatic rings. The van der Waals surface area contributed by atoms with E-state index in [1.54, 1.807) is 0 Å². The number of alkyl carbamates (subject to hydrolysis) is 1. The summed E-state index contributed by atoms with van der Waals surface area (Å²) in [5.41, 5.74) is 0.904. The molecular formula is C15H19NO4. The van der Waals surface area contributed by atoms with Gasteiger partial charge >= 0.3 is 12.1 Å². The fraction of sp³-hybridized carbons (Fsp3) is 0.333. The van der Waals surface area contributed by atoms with E-state index in [0.717, 1.165) is 24.5 Å². The second kappa shape index (κ2) is 9.61. The van der Waals surface area contributed by atoms with Gasteiger partial charge in [0.25, 0.3) is 0 Å². The van der Waals surface area contributed by atoms with Gasteiger partial charge in [0.05, 0.1) is 6.61 Å². The van der Waals surface area contributed by atoms with Gasteiger partial charge in [-0.15, -0.1) is 0 Å². The number of carbonyl (C=O) groups excluding carboxylic acids is 2. The number of amides is 1. The van der Waals surface area contributed by atoms with Crippen LogP contribution in [0.15, 0.2) is 42.6 Å². The van der Waals surface area contributed by atoms with Crippen molar-refractivity contribution in [3.05, 3.63) is 48.2 Å². The SMILES string of the molecule is CCCCOC(=O)NC=CC(=O)OCc1ccccc1. The number of nitrogens with one attached hydrogen (secondary N) is 1. The van der Waals surface area contributed by atoms with E-state index >= 15 is 0 Å². The fourth-order valence-corrected chi connectivity index (χ4v) is 1.31. The molecule has 0 aliphatic carbocycles. The second-order valence-corrected chi connectivity index (χ2v) is 4.06. The number of hydrogen-bond donors (Lipinski definition) is 1. The summed E-state index contributed by atoms with van der Waals surface area (Å²) in [6, 6.07) is 9.35. The monoisotopic (exact) mass is 277 g/mol. The standard InChI is InChI=1S/C15H19NO4/c1-2-3-11-19-15(18)16-10-9-14(17)20-12-13-7-5-4-6-8-13/h4-10H,2-3,11-12H2,1H3,(H,16,18). The highest BCUT2D eigenvalue weighted by Gasteiger charge is 2.00. The van der Waals surface area contributed by atoms with E-state index in [1.165, 1.54) is 6.20 Å². The van der Waals surface area contributed by atoms with Crippen molar-refractivity contribution in [2.75, 3.05) is 6.61 Å². The van der Waals surface area contributed by atoms with Gasteiger partial charge in [-0.2, -0.15) is 0 Å². The molecule has 5 heteroatoms. The molecule has 1 aromatic carbocycles. The molecule has 0 bridgehead atoms. The van der Waals surface area contributed by atoms with Crippen molar-refractivity contribution >= 4 is 12.1 Å². The predicted molar refractivity (Wildman–Crippen MR) is 74.8 cm³/mol.